The lowest BCUT2D eigenvalue weighted by molar-refractivity contribution is -0.385. The third-order valence-corrected chi connectivity index (χ3v) is 6.13. The molecule has 154 valence electrons. The molecule has 0 aliphatic carbocycles. The summed E-state index contributed by atoms with van der Waals surface area (Å²) in [6.45, 7) is 2.36. The van der Waals surface area contributed by atoms with E-state index in [9.17, 15) is 23.3 Å². The van der Waals surface area contributed by atoms with Gasteiger partial charge in [-0.3, -0.25) is 14.9 Å². The summed E-state index contributed by atoms with van der Waals surface area (Å²) in [6.07, 6.45) is 1.64. The van der Waals surface area contributed by atoms with Crippen LogP contribution >= 0.6 is 0 Å². The minimum absolute atomic E-state index is 0.0695. The molecule has 0 unspecified atom stereocenters. The van der Waals surface area contributed by atoms with Crippen LogP contribution in [0, 0.1) is 17.0 Å². The van der Waals surface area contributed by atoms with Gasteiger partial charge in [0, 0.05) is 36.0 Å². The maximum Gasteiger partial charge on any atom is 0.273 e. The zero-order valence-electron chi connectivity index (χ0n) is 15.8. The van der Waals surface area contributed by atoms with Gasteiger partial charge in [-0.15, -0.1) is 0 Å². The van der Waals surface area contributed by atoms with Gasteiger partial charge in [-0.05, 0) is 50.1 Å². The quantitative estimate of drug-likeness (QED) is 0.524. The standard InChI is InChI=1S/C19H21N3O6S/c1-13-17(5-2-6-18(13)22(24)25)19(23)21-14-7-9-16(10-8-14)29(26,27)20-12-15-4-3-11-28-15/h2,5-10,15,20H,3-4,11-12H2,1H3,(H,21,23)/t15-/m0/s1. The molecular formula is C19H21N3O6S. The molecule has 0 bridgehead atoms. The monoisotopic (exact) mass is 419 g/mol. The first kappa shape index (κ1) is 20.9. The Balaban J connectivity index is 1.68. The summed E-state index contributed by atoms with van der Waals surface area (Å²) in [6, 6.07) is 9.95. The zero-order valence-corrected chi connectivity index (χ0v) is 16.6. The molecule has 1 amide bonds. The van der Waals surface area contributed by atoms with Crippen LogP contribution in [0.15, 0.2) is 47.4 Å². The number of carbonyl (C=O) groups excluding carboxylic acids is 1. The highest BCUT2D eigenvalue weighted by Gasteiger charge is 2.21. The van der Waals surface area contributed by atoms with Crippen LogP contribution in [0.3, 0.4) is 0 Å². The van der Waals surface area contributed by atoms with E-state index in [0.29, 0.717) is 12.3 Å². The van der Waals surface area contributed by atoms with Crippen LogP contribution in [0.2, 0.25) is 0 Å². The van der Waals surface area contributed by atoms with Gasteiger partial charge in [0.25, 0.3) is 11.6 Å². The van der Waals surface area contributed by atoms with Crippen molar-refractivity contribution in [2.75, 3.05) is 18.5 Å². The molecule has 1 fully saturated rings. The highest BCUT2D eigenvalue weighted by molar-refractivity contribution is 7.89. The summed E-state index contributed by atoms with van der Waals surface area (Å²) < 4.78 is 32.7. The van der Waals surface area contributed by atoms with Crippen molar-refractivity contribution >= 4 is 27.3 Å². The molecule has 1 aliphatic rings. The Labute approximate surface area is 168 Å². The number of sulfonamides is 1. The van der Waals surface area contributed by atoms with E-state index in [1.165, 1.54) is 49.4 Å². The minimum Gasteiger partial charge on any atom is -0.377 e. The van der Waals surface area contributed by atoms with Gasteiger partial charge in [0.15, 0.2) is 0 Å². The number of amides is 1. The molecule has 10 heteroatoms. The number of carbonyl (C=O) groups is 1. The summed E-state index contributed by atoms with van der Waals surface area (Å²) in [5.41, 5.74) is 0.664. The van der Waals surface area contributed by atoms with E-state index in [-0.39, 0.29) is 34.4 Å². The van der Waals surface area contributed by atoms with Gasteiger partial charge >= 0.3 is 0 Å². The first-order valence-corrected chi connectivity index (χ1v) is 10.5. The van der Waals surface area contributed by atoms with Crippen molar-refractivity contribution < 1.29 is 22.9 Å². The number of nitro groups is 1. The second-order valence-electron chi connectivity index (χ2n) is 6.67. The first-order chi connectivity index (χ1) is 13.8. The van der Waals surface area contributed by atoms with Gasteiger partial charge in [-0.2, -0.15) is 0 Å². The van der Waals surface area contributed by atoms with Gasteiger partial charge in [0.05, 0.1) is 15.9 Å². The van der Waals surface area contributed by atoms with E-state index in [0.717, 1.165) is 12.8 Å². The van der Waals surface area contributed by atoms with E-state index >= 15 is 0 Å². The molecule has 29 heavy (non-hydrogen) atoms. The second-order valence-corrected chi connectivity index (χ2v) is 8.44. The lowest BCUT2D eigenvalue weighted by atomic mass is 10.1. The molecule has 1 heterocycles. The van der Waals surface area contributed by atoms with Crippen LogP contribution in [-0.2, 0) is 14.8 Å². The van der Waals surface area contributed by atoms with E-state index < -0.39 is 20.9 Å². The fourth-order valence-electron chi connectivity index (χ4n) is 3.07. The Morgan fingerprint density at radius 2 is 1.97 bits per heavy atom. The van der Waals surface area contributed by atoms with Crippen molar-refractivity contribution in [2.24, 2.45) is 0 Å². The average Bonchev–Trinajstić information content (AvgIpc) is 3.20. The molecule has 2 aromatic carbocycles. The highest BCUT2D eigenvalue weighted by atomic mass is 32.2. The Kier molecular flexibility index (Phi) is 6.26. The maximum atomic E-state index is 12.5. The van der Waals surface area contributed by atoms with Crippen molar-refractivity contribution in [2.45, 2.75) is 30.8 Å². The third kappa shape index (κ3) is 4.97. The van der Waals surface area contributed by atoms with E-state index in [4.69, 9.17) is 4.74 Å². The average molecular weight is 419 g/mol. The van der Waals surface area contributed by atoms with Crippen LogP contribution < -0.4 is 10.0 Å². The molecule has 2 aromatic rings. The van der Waals surface area contributed by atoms with Crippen LogP contribution in [0.25, 0.3) is 0 Å². The summed E-state index contributed by atoms with van der Waals surface area (Å²) >= 11 is 0. The van der Waals surface area contributed by atoms with E-state index in [1.54, 1.807) is 0 Å². The molecule has 0 spiro atoms. The number of anilines is 1. The third-order valence-electron chi connectivity index (χ3n) is 4.69. The van der Waals surface area contributed by atoms with Crippen LogP contribution in [0.4, 0.5) is 11.4 Å². The number of hydrogen-bond donors (Lipinski definition) is 2. The lowest BCUT2D eigenvalue weighted by Gasteiger charge is -2.12. The molecule has 1 saturated heterocycles. The number of nitrogens with one attached hydrogen (secondary N) is 2. The number of nitro benzene ring substituents is 1. The van der Waals surface area contributed by atoms with Gasteiger partial charge in [0.1, 0.15) is 0 Å². The number of nitrogens with zero attached hydrogens (tertiary/aromatic N) is 1. The van der Waals surface area contributed by atoms with E-state index in [1.807, 2.05) is 0 Å². The molecule has 2 N–H and O–H groups in total. The number of rotatable bonds is 7. The predicted molar refractivity (Wildman–Crippen MR) is 106 cm³/mol. The Hall–Kier alpha value is -2.82. The summed E-state index contributed by atoms with van der Waals surface area (Å²) in [4.78, 5) is 23.0. The zero-order chi connectivity index (χ0) is 21.0. The molecular weight excluding hydrogens is 398 g/mol. The molecule has 0 radical (unpaired) electrons. The molecule has 0 aromatic heterocycles. The highest BCUT2D eigenvalue weighted by Crippen LogP contribution is 2.22. The summed E-state index contributed by atoms with van der Waals surface area (Å²) in [5, 5.41) is 13.7. The number of hydrogen-bond acceptors (Lipinski definition) is 6. The molecule has 0 saturated carbocycles. The molecule has 1 atom stereocenters. The molecule has 1 aliphatic heterocycles. The predicted octanol–water partition coefficient (Wildman–Crippen LogP) is 2.61. The number of ether oxygens (including phenoxy) is 1. The van der Waals surface area contributed by atoms with Crippen molar-refractivity contribution in [3.05, 3.63) is 63.7 Å². The minimum atomic E-state index is -3.68. The van der Waals surface area contributed by atoms with Crippen LogP contribution in [0.1, 0.15) is 28.8 Å². The first-order valence-electron chi connectivity index (χ1n) is 9.04. The van der Waals surface area contributed by atoms with Gasteiger partial charge in [-0.1, -0.05) is 6.07 Å². The van der Waals surface area contributed by atoms with Gasteiger partial charge < -0.3 is 10.1 Å². The SMILES string of the molecule is Cc1c(C(=O)Nc2ccc(S(=O)(=O)NC[C@@H]3CCCO3)cc2)cccc1[N+](=O)[O-]. The smallest absolute Gasteiger partial charge is 0.273 e. The Morgan fingerprint density at radius 1 is 1.24 bits per heavy atom. The van der Waals surface area contributed by atoms with Gasteiger partial charge in [-0.25, -0.2) is 13.1 Å². The van der Waals surface area contributed by atoms with Crippen molar-refractivity contribution in [3.8, 4) is 0 Å². The van der Waals surface area contributed by atoms with Crippen molar-refractivity contribution in [1.29, 1.82) is 0 Å². The Morgan fingerprint density at radius 3 is 2.59 bits per heavy atom. The van der Waals surface area contributed by atoms with E-state index in [2.05, 4.69) is 10.0 Å². The fraction of sp³-hybridized carbons (Fsp3) is 0.316. The maximum absolute atomic E-state index is 12.5. The van der Waals surface area contributed by atoms with Crippen LogP contribution in [0.5, 0.6) is 0 Å². The second kappa shape index (κ2) is 8.68. The van der Waals surface area contributed by atoms with Crippen molar-refractivity contribution in [3.63, 3.8) is 0 Å². The topological polar surface area (TPSA) is 128 Å². The van der Waals surface area contributed by atoms with Crippen LogP contribution in [-0.4, -0.2) is 38.5 Å². The fourth-order valence-corrected chi connectivity index (χ4v) is 4.14. The lowest BCUT2D eigenvalue weighted by Crippen LogP contribution is -2.31. The number of benzene rings is 2. The molecule has 3 rings (SSSR count). The molecule has 9 nitrogen and oxygen atoms in total. The van der Waals surface area contributed by atoms with Crippen molar-refractivity contribution in [1.82, 2.24) is 4.72 Å². The Bertz CT molecular complexity index is 1010. The summed E-state index contributed by atoms with van der Waals surface area (Å²) in [5.74, 6) is -0.515. The van der Waals surface area contributed by atoms with Gasteiger partial charge in [0.2, 0.25) is 10.0 Å². The summed E-state index contributed by atoms with van der Waals surface area (Å²) in [7, 11) is -3.68. The normalized spacial score (nSPS) is 16.5. The largest absolute Gasteiger partial charge is 0.377 e.